The maximum Gasteiger partial charge on any atom is 0.124 e. The lowest BCUT2D eigenvalue weighted by Crippen LogP contribution is -2.46. The van der Waals surface area contributed by atoms with Crippen LogP contribution in [0.25, 0.3) is 0 Å². The molecule has 15 rings (SSSR count). The van der Waals surface area contributed by atoms with Gasteiger partial charge in [0, 0.05) is 89.8 Å². The van der Waals surface area contributed by atoms with Crippen molar-refractivity contribution < 1.29 is 28.4 Å². The Hall–Kier alpha value is -5.62. The number of rotatable bonds is 13. The molecule has 0 radical (unpaired) electrons. The van der Waals surface area contributed by atoms with Gasteiger partial charge in [0.2, 0.25) is 0 Å². The number of nitrogens with two attached hydrogens (primary N) is 1. The van der Waals surface area contributed by atoms with E-state index in [1.807, 2.05) is 61.1 Å². The van der Waals surface area contributed by atoms with Gasteiger partial charge in [0.1, 0.15) is 17.2 Å². The zero-order valence-corrected chi connectivity index (χ0v) is 54.0. The first kappa shape index (κ1) is 64.9. The molecular formula is C78H101ClN4O6. The SMILES string of the molecule is C=CC[C@@]1(c2ccccn2)CCOC2(CCCC2)C1.Cl.N[C@H]1CCOc2ccccc21.c1ccc([C@]2(CCC[C@H]3CCOc4ccccc43)CCOC3(CCCC3)C2)nc1.c1ccc([C@]2(CCC[C@H]3CCOc4ccccc43)CCOC3(CCCC3)C2)nc1. The van der Waals surface area contributed by atoms with Gasteiger partial charge in [0.25, 0.3) is 0 Å². The number of pyridine rings is 3. The molecule has 2 N–H and O–H groups in total. The van der Waals surface area contributed by atoms with Crippen LogP contribution in [-0.4, -0.2) is 71.4 Å². The minimum atomic E-state index is 0. The summed E-state index contributed by atoms with van der Waals surface area (Å²) in [5, 5.41) is 0. The fraction of sp³-hybridized carbons (Fsp3) is 0.551. The molecule has 3 aromatic heterocycles. The third kappa shape index (κ3) is 15.3. The first-order valence-electron chi connectivity index (χ1n) is 34.4. The highest BCUT2D eigenvalue weighted by atomic mass is 35.5. The number of ether oxygens (including phenoxy) is 6. The Balaban J connectivity index is 0.000000128. The first-order chi connectivity index (χ1) is 43.2. The molecule has 89 heavy (non-hydrogen) atoms. The number of fused-ring (bicyclic) bond motifs is 3. The predicted octanol–water partition coefficient (Wildman–Crippen LogP) is 18.3. The lowest BCUT2D eigenvalue weighted by molar-refractivity contribution is -0.105. The van der Waals surface area contributed by atoms with E-state index in [9.17, 15) is 0 Å². The Kier molecular flexibility index (Phi) is 22.0. The molecule has 9 aliphatic rings. The summed E-state index contributed by atoms with van der Waals surface area (Å²) in [6.45, 7) is 9.06. The lowest BCUT2D eigenvalue weighted by Gasteiger charge is -2.46. The fourth-order valence-corrected chi connectivity index (χ4v) is 17.8. The van der Waals surface area contributed by atoms with Crippen LogP contribution in [0.4, 0.5) is 0 Å². The van der Waals surface area contributed by atoms with Crippen molar-refractivity contribution in [3.8, 4) is 17.2 Å². The molecule has 6 fully saturated rings. The van der Waals surface area contributed by atoms with E-state index < -0.39 is 0 Å². The second-order valence-corrected chi connectivity index (χ2v) is 27.8. The number of hydrogen-bond donors (Lipinski definition) is 1. The zero-order valence-electron chi connectivity index (χ0n) is 53.2. The van der Waals surface area contributed by atoms with E-state index in [1.165, 1.54) is 144 Å². The van der Waals surface area contributed by atoms with Gasteiger partial charge < -0.3 is 34.2 Å². The summed E-state index contributed by atoms with van der Waals surface area (Å²) in [5.74, 6) is 4.40. The van der Waals surface area contributed by atoms with Gasteiger partial charge in [-0.05, 0) is 200 Å². The monoisotopic (exact) mass is 1220 g/mol. The van der Waals surface area contributed by atoms with Crippen molar-refractivity contribution in [1.29, 1.82) is 0 Å². The van der Waals surface area contributed by atoms with Gasteiger partial charge in [-0.15, -0.1) is 19.0 Å². The molecule has 476 valence electrons. The van der Waals surface area contributed by atoms with Crippen LogP contribution in [0.3, 0.4) is 0 Å². The summed E-state index contributed by atoms with van der Waals surface area (Å²) in [6.07, 6.45) is 41.5. The number of halogens is 1. The van der Waals surface area contributed by atoms with Crippen LogP contribution in [0.1, 0.15) is 231 Å². The maximum atomic E-state index is 6.40. The molecule has 6 atom stereocenters. The molecule has 6 aliphatic heterocycles. The summed E-state index contributed by atoms with van der Waals surface area (Å²) >= 11 is 0. The second-order valence-electron chi connectivity index (χ2n) is 27.8. The molecule has 3 aromatic carbocycles. The van der Waals surface area contributed by atoms with E-state index >= 15 is 0 Å². The van der Waals surface area contributed by atoms with Crippen LogP contribution in [-0.2, 0) is 30.5 Å². The quantitative estimate of drug-likeness (QED) is 0.112. The number of benzene rings is 3. The standard InChI is InChI=1S/2C26H33NO2.C17H23NO.C9H11NO.ClH/c2*1-2-10-23-22(9-1)21(12-18-28-23)8-7-13-25(24-11-3-6-17-27-24)16-19-29-26(20-25)14-4-5-15-26;1-2-8-16(15-7-3-6-12-18-15)11-13-19-17(14-16)9-4-5-10-17;10-8-5-6-11-9-4-2-1-3-7(8)9;/h2*1-3,6,9-11,17,21H,4-5,7-8,12-16,18-20H2;2-3,6-7,12H,1,4-5,8-11,13-14H2;1-4,8H,5-6,10H2;1H/t2*21-,25+;16-;8-;/m0010./s1. The van der Waals surface area contributed by atoms with Gasteiger partial charge in [-0.2, -0.15) is 0 Å². The molecule has 0 bridgehead atoms. The summed E-state index contributed by atoms with van der Waals surface area (Å²) in [5.41, 5.74) is 14.5. The van der Waals surface area contributed by atoms with Crippen molar-refractivity contribution in [2.45, 2.75) is 231 Å². The minimum absolute atomic E-state index is 0. The molecule has 6 aromatic rings. The van der Waals surface area contributed by atoms with Crippen LogP contribution in [0.5, 0.6) is 17.2 Å². The normalized spacial score (nSPS) is 27.3. The summed E-state index contributed by atoms with van der Waals surface area (Å²) in [6, 6.07) is 44.6. The van der Waals surface area contributed by atoms with Crippen molar-refractivity contribution in [2.24, 2.45) is 5.73 Å². The van der Waals surface area contributed by atoms with Crippen LogP contribution < -0.4 is 19.9 Å². The van der Waals surface area contributed by atoms with Crippen LogP contribution >= 0.6 is 12.4 Å². The van der Waals surface area contributed by atoms with Gasteiger partial charge in [-0.25, -0.2) is 0 Å². The zero-order chi connectivity index (χ0) is 60.0. The highest BCUT2D eigenvalue weighted by Gasteiger charge is 2.51. The van der Waals surface area contributed by atoms with Gasteiger partial charge in [0.15, 0.2) is 0 Å². The van der Waals surface area contributed by atoms with Crippen molar-refractivity contribution in [2.75, 3.05) is 39.6 Å². The van der Waals surface area contributed by atoms with E-state index in [0.29, 0.717) is 11.8 Å². The van der Waals surface area contributed by atoms with Crippen molar-refractivity contribution >= 4 is 12.4 Å². The molecular weight excluding hydrogens is 1120 g/mol. The smallest absolute Gasteiger partial charge is 0.124 e. The number of aromatic nitrogens is 3. The van der Waals surface area contributed by atoms with Crippen LogP contribution in [0.2, 0.25) is 0 Å². The van der Waals surface area contributed by atoms with E-state index in [-0.39, 0.29) is 51.5 Å². The average Bonchev–Trinajstić information content (AvgIpc) is 2.37. The van der Waals surface area contributed by atoms with Crippen molar-refractivity contribution in [3.05, 3.63) is 192 Å². The molecule has 0 unspecified atom stereocenters. The molecule has 3 aliphatic carbocycles. The molecule has 3 spiro atoms. The summed E-state index contributed by atoms with van der Waals surface area (Å²) in [4.78, 5) is 14.4. The third-order valence-electron chi connectivity index (χ3n) is 22.2. The summed E-state index contributed by atoms with van der Waals surface area (Å²) in [7, 11) is 0. The molecule has 3 saturated carbocycles. The minimum Gasteiger partial charge on any atom is -0.493 e. The highest BCUT2D eigenvalue weighted by Crippen LogP contribution is 2.54. The van der Waals surface area contributed by atoms with E-state index in [0.717, 1.165) is 127 Å². The first-order valence-corrected chi connectivity index (χ1v) is 34.4. The third-order valence-corrected chi connectivity index (χ3v) is 22.2. The highest BCUT2D eigenvalue weighted by molar-refractivity contribution is 5.85. The predicted molar refractivity (Wildman–Crippen MR) is 359 cm³/mol. The lowest BCUT2D eigenvalue weighted by atomic mass is 9.67. The van der Waals surface area contributed by atoms with Crippen molar-refractivity contribution in [1.82, 2.24) is 15.0 Å². The second kappa shape index (κ2) is 30.2. The largest absolute Gasteiger partial charge is 0.493 e. The Labute approximate surface area is 538 Å². The number of nitrogens with zero attached hydrogens (tertiary/aromatic N) is 3. The Morgan fingerprint density at radius 3 is 1.16 bits per heavy atom. The van der Waals surface area contributed by atoms with Gasteiger partial charge in [-0.1, -0.05) is 130 Å². The Bertz CT molecular complexity index is 2990. The Morgan fingerprint density at radius 2 is 0.764 bits per heavy atom. The summed E-state index contributed by atoms with van der Waals surface area (Å²) < 4.78 is 36.2. The number of hydrogen-bond acceptors (Lipinski definition) is 10. The van der Waals surface area contributed by atoms with Gasteiger partial charge in [0.05, 0.1) is 36.6 Å². The fourth-order valence-electron chi connectivity index (χ4n) is 17.8. The van der Waals surface area contributed by atoms with Crippen LogP contribution in [0.15, 0.2) is 159 Å². The van der Waals surface area contributed by atoms with Gasteiger partial charge in [-0.3, -0.25) is 15.0 Å². The molecule has 3 saturated heterocycles. The van der Waals surface area contributed by atoms with E-state index in [4.69, 9.17) is 44.1 Å². The molecule has 11 heteroatoms. The van der Waals surface area contributed by atoms with E-state index in [1.54, 1.807) is 0 Å². The number of allylic oxidation sites excluding steroid dienone is 1. The average molecular weight is 1230 g/mol. The van der Waals surface area contributed by atoms with Crippen LogP contribution in [0, 0.1) is 0 Å². The van der Waals surface area contributed by atoms with Crippen molar-refractivity contribution in [3.63, 3.8) is 0 Å². The Morgan fingerprint density at radius 1 is 0.416 bits per heavy atom. The van der Waals surface area contributed by atoms with E-state index in [2.05, 4.69) is 103 Å². The molecule has 0 amide bonds. The topological polar surface area (TPSA) is 120 Å². The molecule has 10 nitrogen and oxygen atoms in total. The number of para-hydroxylation sites is 3. The molecule has 9 heterocycles. The maximum absolute atomic E-state index is 6.40. The van der Waals surface area contributed by atoms with Gasteiger partial charge >= 0.3 is 0 Å².